The maximum Gasteiger partial charge on any atom is 0.347 e. The van der Waals surface area contributed by atoms with Crippen molar-refractivity contribution in [2.75, 3.05) is 14.2 Å². The maximum absolute atomic E-state index is 12.7. The van der Waals surface area contributed by atoms with Gasteiger partial charge in [-0.15, -0.1) is 0 Å². The van der Waals surface area contributed by atoms with E-state index in [1.54, 1.807) is 13.8 Å². The van der Waals surface area contributed by atoms with E-state index in [1.165, 1.54) is 20.3 Å². The number of halogens is 3. The van der Waals surface area contributed by atoms with Crippen molar-refractivity contribution in [3.8, 4) is 28.7 Å². The second kappa shape index (κ2) is 6.48. The highest BCUT2D eigenvalue weighted by Crippen LogP contribution is 2.53. The van der Waals surface area contributed by atoms with Crippen molar-refractivity contribution in [1.29, 1.82) is 0 Å². The Morgan fingerprint density at radius 1 is 0.880 bits per heavy atom. The molecule has 0 fully saturated rings. The van der Waals surface area contributed by atoms with E-state index in [-0.39, 0.29) is 38.6 Å². The number of methoxy groups -OCH3 is 2. The number of esters is 1. The van der Waals surface area contributed by atoms with Crippen molar-refractivity contribution in [3.63, 3.8) is 0 Å². The molecule has 1 heterocycles. The van der Waals surface area contributed by atoms with Gasteiger partial charge in [0.2, 0.25) is 0 Å². The fraction of sp³-hybridized carbons (Fsp3) is 0.235. The van der Waals surface area contributed by atoms with Gasteiger partial charge in [0.1, 0.15) is 22.1 Å². The van der Waals surface area contributed by atoms with Crippen LogP contribution in [0.3, 0.4) is 0 Å². The quantitative estimate of drug-likeness (QED) is 0.482. The van der Waals surface area contributed by atoms with Gasteiger partial charge in [-0.1, -0.05) is 34.8 Å². The highest BCUT2D eigenvalue weighted by Gasteiger charge is 2.33. The smallest absolute Gasteiger partial charge is 0.347 e. The molecule has 5 nitrogen and oxygen atoms in total. The molecule has 25 heavy (non-hydrogen) atoms. The first-order chi connectivity index (χ1) is 11.8. The first kappa shape index (κ1) is 18.0. The molecule has 0 radical (unpaired) electrons. The summed E-state index contributed by atoms with van der Waals surface area (Å²) in [4.78, 5) is 12.7. The molecule has 1 aliphatic rings. The van der Waals surface area contributed by atoms with Crippen LogP contribution < -0.4 is 18.9 Å². The Morgan fingerprint density at radius 3 is 2.16 bits per heavy atom. The monoisotopic (exact) mass is 402 g/mol. The summed E-state index contributed by atoms with van der Waals surface area (Å²) in [5.41, 5.74) is 1.18. The number of rotatable bonds is 2. The number of hydrogen-bond acceptors (Lipinski definition) is 5. The van der Waals surface area contributed by atoms with Gasteiger partial charge in [0.25, 0.3) is 0 Å². The molecule has 0 bridgehead atoms. The molecule has 0 unspecified atom stereocenters. The highest BCUT2D eigenvalue weighted by atomic mass is 35.5. The Kier molecular flexibility index (Phi) is 4.66. The van der Waals surface area contributed by atoms with E-state index >= 15 is 0 Å². The van der Waals surface area contributed by atoms with E-state index in [9.17, 15) is 4.79 Å². The summed E-state index contributed by atoms with van der Waals surface area (Å²) in [6, 6.07) is 1.52. The largest absolute Gasteiger partial charge is 0.495 e. The standard InChI is InChI=1S/C17H13Cl3O5/c1-6-10-8(5-9(22-3)11(6)18)24-14-7(2)12(19)15(23-4)13(20)16(14)25-17(10)21/h5H,1-4H3. The lowest BCUT2D eigenvalue weighted by Crippen LogP contribution is -2.10. The zero-order chi connectivity index (χ0) is 18.5. The molecular weight excluding hydrogens is 391 g/mol. The summed E-state index contributed by atoms with van der Waals surface area (Å²) in [7, 11) is 2.89. The lowest BCUT2D eigenvalue weighted by atomic mass is 10.1. The van der Waals surface area contributed by atoms with E-state index in [1.807, 2.05) is 0 Å². The van der Waals surface area contributed by atoms with Crippen molar-refractivity contribution in [2.45, 2.75) is 13.8 Å². The lowest BCUT2D eigenvalue weighted by molar-refractivity contribution is 0.0736. The molecule has 0 aromatic heterocycles. The average Bonchev–Trinajstić information content (AvgIpc) is 2.73. The minimum Gasteiger partial charge on any atom is -0.495 e. The summed E-state index contributed by atoms with van der Waals surface area (Å²) in [5.74, 6) is 0.430. The Balaban J connectivity index is 2.32. The van der Waals surface area contributed by atoms with Gasteiger partial charge < -0.3 is 18.9 Å². The number of hydrogen-bond donors (Lipinski definition) is 0. The maximum atomic E-state index is 12.7. The van der Waals surface area contributed by atoms with Crippen molar-refractivity contribution in [2.24, 2.45) is 0 Å². The van der Waals surface area contributed by atoms with Gasteiger partial charge in [-0.3, -0.25) is 0 Å². The van der Waals surface area contributed by atoms with Crippen LogP contribution in [0.15, 0.2) is 6.07 Å². The number of fused-ring (bicyclic) bond motifs is 2. The SMILES string of the molecule is COc1cc2c(c(C)c1Cl)C(=O)Oc1c(Cl)c(OC)c(Cl)c(C)c1O2. The van der Waals surface area contributed by atoms with Crippen molar-refractivity contribution >= 4 is 40.8 Å². The summed E-state index contributed by atoms with van der Waals surface area (Å²) in [6.07, 6.45) is 0. The first-order valence-electron chi connectivity index (χ1n) is 7.14. The molecule has 0 atom stereocenters. The molecular formula is C17H13Cl3O5. The van der Waals surface area contributed by atoms with E-state index in [0.717, 1.165) is 0 Å². The average molecular weight is 404 g/mol. The fourth-order valence-corrected chi connectivity index (χ4v) is 3.43. The third-order valence-corrected chi connectivity index (χ3v) is 5.21. The molecule has 2 aromatic carbocycles. The Morgan fingerprint density at radius 2 is 1.56 bits per heavy atom. The Hall–Kier alpha value is -1.82. The van der Waals surface area contributed by atoms with Gasteiger partial charge in [-0.2, -0.15) is 0 Å². The first-order valence-corrected chi connectivity index (χ1v) is 8.27. The summed E-state index contributed by atoms with van der Waals surface area (Å²) in [6.45, 7) is 3.38. The zero-order valence-electron chi connectivity index (χ0n) is 13.8. The number of carbonyl (C=O) groups is 1. The third-order valence-electron chi connectivity index (χ3n) is 3.94. The summed E-state index contributed by atoms with van der Waals surface area (Å²) >= 11 is 18.8. The molecule has 3 rings (SSSR count). The topological polar surface area (TPSA) is 54.0 Å². The molecule has 0 spiro atoms. The summed E-state index contributed by atoms with van der Waals surface area (Å²) in [5, 5.41) is 0.611. The van der Waals surface area contributed by atoms with Gasteiger partial charge in [0.15, 0.2) is 17.2 Å². The van der Waals surface area contributed by atoms with Crippen LogP contribution >= 0.6 is 34.8 Å². The van der Waals surface area contributed by atoms with Gasteiger partial charge in [0, 0.05) is 11.6 Å². The predicted octanol–water partition coefficient (Wildman–Crippen LogP) is 5.61. The molecule has 8 heteroatoms. The second-order valence-electron chi connectivity index (χ2n) is 5.33. The van der Waals surface area contributed by atoms with Crippen LogP contribution in [0, 0.1) is 13.8 Å². The number of ether oxygens (including phenoxy) is 4. The van der Waals surface area contributed by atoms with Crippen LogP contribution in [0.25, 0.3) is 0 Å². The lowest BCUT2D eigenvalue weighted by Gasteiger charge is -2.16. The van der Waals surface area contributed by atoms with Crippen LogP contribution in [0.2, 0.25) is 15.1 Å². The number of carbonyl (C=O) groups excluding carboxylic acids is 1. The van der Waals surface area contributed by atoms with Gasteiger partial charge >= 0.3 is 5.97 Å². The van der Waals surface area contributed by atoms with Crippen molar-refractivity contribution < 1.29 is 23.7 Å². The zero-order valence-corrected chi connectivity index (χ0v) is 16.0. The Bertz CT molecular complexity index is 908. The van der Waals surface area contributed by atoms with Crippen LogP contribution in [0.1, 0.15) is 21.5 Å². The van der Waals surface area contributed by atoms with Crippen LogP contribution in [-0.2, 0) is 0 Å². The van der Waals surface area contributed by atoms with E-state index in [2.05, 4.69) is 0 Å². The molecule has 2 aromatic rings. The Labute approximate surface area is 159 Å². The molecule has 0 saturated carbocycles. The predicted molar refractivity (Wildman–Crippen MR) is 95.5 cm³/mol. The minimum atomic E-state index is -0.651. The van der Waals surface area contributed by atoms with Crippen molar-refractivity contribution in [3.05, 3.63) is 37.8 Å². The molecule has 0 N–H and O–H groups in total. The fourth-order valence-electron chi connectivity index (χ4n) is 2.60. The highest BCUT2D eigenvalue weighted by molar-refractivity contribution is 6.39. The van der Waals surface area contributed by atoms with Crippen LogP contribution in [-0.4, -0.2) is 20.2 Å². The van der Waals surface area contributed by atoms with E-state index in [4.69, 9.17) is 53.8 Å². The third kappa shape index (κ3) is 2.67. The normalized spacial score (nSPS) is 12.5. The molecule has 0 aliphatic carbocycles. The summed E-state index contributed by atoms with van der Waals surface area (Å²) < 4.78 is 21.8. The van der Waals surface area contributed by atoms with Gasteiger partial charge in [-0.05, 0) is 19.4 Å². The van der Waals surface area contributed by atoms with E-state index in [0.29, 0.717) is 21.9 Å². The molecule has 0 amide bonds. The minimum absolute atomic E-state index is 0.0381. The second-order valence-corrected chi connectivity index (χ2v) is 6.46. The van der Waals surface area contributed by atoms with Crippen LogP contribution in [0.4, 0.5) is 0 Å². The molecule has 132 valence electrons. The van der Waals surface area contributed by atoms with E-state index < -0.39 is 5.97 Å². The van der Waals surface area contributed by atoms with Crippen LogP contribution in [0.5, 0.6) is 28.7 Å². The van der Waals surface area contributed by atoms with Gasteiger partial charge in [0.05, 0.1) is 24.3 Å². The molecule has 1 aliphatic heterocycles. The van der Waals surface area contributed by atoms with Crippen molar-refractivity contribution in [1.82, 2.24) is 0 Å². The van der Waals surface area contributed by atoms with Gasteiger partial charge in [-0.25, -0.2) is 4.79 Å². The number of benzene rings is 2. The molecule has 0 saturated heterocycles.